The number of aromatic nitrogens is 1. The molecule has 10 nitrogen and oxygen atoms in total. The lowest BCUT2D eigenvalue weighted by Crippen LogP contribution is -2.43. The molecule has 1 aromatic rings. The van der Waals surface area contributed by atoms with Crippen LogP contribution in [0.2, 0.25) is 0 Å². The van der Waals surface area contributed by atoms with Crippen LogP contribution in [0.25, 0.3) is 0 Å². The van der Waals surface area contributed by atoms with Gasteiger partial charge in [0.05, 0.1) is 25.7 Å². The lowest BCUT2D eigenvalue weighted by molar-refractivity contribution is -0.199. The second-order valence-corrected chi connectivity index (χ2v) is 9.03. The molecular weight excluding hydrogens is 544 g/mol. The number of carbonyl (C=O) groups is 3. The summed E-state index contributed by atoms with van der Waals surface area (Å²) < 4.78 is 69.5. The summed E-state index contributed by atoms with van der Waals surface area (Å²) in [4.78, 5) is 42.4. The molecule has 0 unspecified atom stereocenters. The maximum atomic E-state index is 12.4. The van der Waals surface area contributed by atoms with Crippen LogP contribution in [0.15, 0.2) is 24.5 Å². The molecule has 3 aliphatic rings. The molecule has 3 atom stereocenters. The number of rotatable bonds is 4. The number of hydrogen-bond acceptors (Lipinski definition) is 7. The van der Waals surface area contributed by atoms with Gasteiger partial charge >= 0.3 is 24.3 Å². The monoisotopic (exact) mass is 573 g/mol. The van der Waals surface area contributed by atoms with Crippen molar-refractivity contribution in [3.8, 4) is 0 Å². The van der Waals surface area contributed by atoms with Gasteiger partial charge in [-0.25, -0.2) is 14.7 Å². The molecule has 0 radical (unpaired) electrons. The van der Waals surface area contributed by atoms with Crippen molar-refractivity contribution in [1.29, 1.82) is 0 Å². The van der Waals surface area contributed by atoms with Crippen molar-refractivity contribution in [2.24, 2.45) is 11.8 Å². The molecule has 3 aliphatic heterocycles. The topological polar surface area (TPSA) is 130 Å². The van der Waals surface area contributed by atoms with Crippen LogP contribution in [-0.4, -0.2) is 94.3 Å². The summed E-state index contributed by atoms with van der Waals surface area (Å²) in [6, 6.07) is 4.12. The lowest BCUT2D eigenvalue weighted by atomic mass is 9.83. The molecule has 3 fully saturated rings. The largest absolute Gasteiger partial charge is 0.490 e. The first-order chi connectivity index (χ1) is 18.2. The zero-order valence-corrected chi connectivity index (χ0v) is 20.7. The maximum Gasteiger partial charge on any atom is 0.490 e. The number of nitrogens with zero attached hydrogens (tertiary/aromatic N) is 3. The van der Waals surface area contributed by atoms with Gasteiger partial charge in [0.25, 0.3) is 0 Å². The molecular formula is C23H29F6N3O7. The quantitative estimate of drug-likeness (QED) is 0.522. The molecule has 0 aromatic carbocycles. The van der Waals surface area contributed by atoms with E-state index in [4.69, 9.17) is 29.4 Å². The van der Waals surface area contributed by atoms with Crippen LogP contribution in [0.4, 0.5) is 26.3 Å². The normalized spacial score (nSPS) is 23.4. The molecule has 2 N–H and O–H groups in total. The molecule has 4 rings (SSSR count). The number of carboxylic acid groups (broad SMARTS) is 2. The smallest absolute Gasteiger partial charge is 0.475 e. The van der Waals surface area contributed by atoms with Crippen LogP contribution in [0.5, 0.6) is 0 Å². The molecule has 0 bridgehead atoms. The van der Waals surface area contributed by atoms with Gasteiger partial charge in [-0.3, -0.25) is 19.5 Å². The Labute approximate surface area is 219 Å². The van der Waals surface area contributed by atoms with Crippen LogP contribution in [0, 0.1) is 11.8 Å². The fourth-order valence-electron chi connectivity index (χ4n) is 4.33. The first kappa shape index (κ1) is 32.2. The molecule has 0 spiro atoms. The van der Waals surface area contributed by atoms with Crippen LogP contribution < -0.4 is 0 Å². The molecule has 0 saturated carbocycles. The van der Waals surface area contributed by atoms with Crippen LogP contribution in [-0.2, 0) is 30.5 Å². The van der Waals surface area contributed by atoms with E-state index in [0.29, 0.717) is 24.9 Å². The van der Waals surface area contributed by atoms with Gasteiger partial charge in [0.2, 0.25) is 5.91 Å². The zero-order valence-electron chi connectivity index (χ0n) is 20.7. The molecule has 1 amide bonds. The minimum atomic E-state index is -5.08. The van der Waals surface area contributed by atoms with Crippen LogP contribution in [0.3, 0.4) is 0 Å². The van der Waals surface area contributed by atoms with E-state index in [0.717, 1.165) is 52.0 Å². The summed E-state index contributed by atoms with van der Waals surface area (Å²) in [5.41, 5.74) is 1.26. The highest BCUT2D eigenvalue weighted by Crippen LogP contribution is 2.36. The molecule has 0 aliphatic carbocycles. The summed E-state index contributed by atoms with van der Waals surface area (Å²) in [6.07, 6.45) is -2.71. The molecule has 3 saturated heterocycles. The number of halogens is 6. The number of likely N-dealkylation sites (tertiary alicyclic amines) is 1. The molecule has 39 heavy (non-hydrogen) atoms. The van der Waals surface area contributed by atoms with Crippen molar-refractivity contribution in [3.63, 3.8) is 0 Å². The highest BCUT2D eigenvalue weighted by Gasteiger charge is 2.42. The Kier molecular flexibility index (Phi) is 11.9. The van der Waals surface area contributed by atoms with E-state index in [1.54, 1.807) is 5.06 Å². The van der Waals surface area contributed by atoms with Gasteiger partial charge in [0, 0.05) is 37.9 Å². The standard InChI is InChI=1S/C19H27N3O3.2C2HF3O2/c23-19(22-7-1-2-9-25-22)10-18-17-5-8-21(13-16(17)14-24-18)12-15-4-3-6-20-11-15;2*3-2(4,5)1(6)7/h3-4,6,11,16-18H,1-2,5,7-10,12-14H2;2*(H,6,7)/t16-,17-,18-;;/m1../s1. The Morgan fingerprint density at radius 1 is 1.03 bits per heavy atom. The predicted molar refractivity (Wildman–Crippen MR) is 120 cm³/mol. The van der Waals surface area contributed by atoms with E-state index >= 15 is 0 Å². The number of piperidine rings is 1. The zero-order chi connectivity index (χ0) is 29.2. The average molecular weight is 573 g/mol. The summed E-state index contributed by atoms with van der Waals surface area (Å²) in [5.74, 6) is -4.40. The van der Waals surface area contributed by atoms with Crippen molar-refractivity contribution < 1.29 is 60.5 Å². The third kappa shape index (κ3) is 11.0. The number of ether oxygens (including phenoxy) is 1. The van der Waals surface area contributed by atoms with Gasteiger partial charge in [-0.1, -0.05) is 6.07 Å². The van der Waals surface area contributed by atoms with E-state index in [9.17, 15) is 31.1 Å². The van der Waals surface area contributed by atoms with Gasteiger partial charge in [0.15, 0.2) is 0 Å². The summed E-state index contributed by atoms with van der Waals surface area (Å²) in [5, 5.41) is 15.8. The van der Waals surface area contributed by atoms with Crippen molar-refractivity contribution in [2.75, 3.05) is 32.8 Å². The van der Waals surface area contributed by atoms with E-state index in [1.165, 1.54) is 5.56 Å². The van der Waals surface area contributed by atoms with Crippen molar-refractivity contribution in [3.05, 3.63) is 30.1 Å². The van der Waals surface area contributed by atoms with Crippen molar-refractivity contribution in [2.45, 2.75) is 50.7 Å². The summed E-state index contributed by atoms with van der Waals surface area (Å²) >= 11 is 0. The summed E-state index contributed by atoms with van der Waals surface area (Å²) in [6.45, 7) is 5.20. The molecule has 4 heterocycles. The highest BCUT2D eigenvalue weighted by molar-refractivity contribution is 5.75. The highest BCUT2D eigenvalue weighted by atomic mass is 19.4. The number of hydrogen-bond donors (Lipinski definition) is 2. The Hall–Kier alpha value is -2.98. The van der Waals surface area contributed by atoms with Crippen molar-refractivity contribution >= 4 is 17.8 Å². The molecule has 16 heteroatoms. The lowest BCUT2D eigenvalue weighted by Gasteiger charge is -2.36. The predicted octanol–water partition coefficient (Wildman–Crippen LogP) is 3.13. The number of alkyl halides is 6. The third-order valence-corrected chi connectivity index (χ3v) is 6.15. The number of pyridine rings is 1. The Morgan fingerprint density at radius 3 is 2.18 bits per heavy atom. The van der Waals surface area contributed by atoms with E-state index in [2.05, 4.69) is 16.0 Å². The Morgan fingerprint density at radius 2 is 1.67 bits per heavy atom. The van der Waals surface area contributed by atoms with Gasteiger partial charge < -0.3 is 14.9 Å². The third-order valence-electron chi connectivity index (χ3n) is 6.15. The Balaban J connectivity index is 0.000000317. The second-order valence-electron chi connectivity index (χ2n) is 9.03. The fourth-order valence-corrected chi connectivity index (χ4v) is 4.33. The summed E-state index contributed by atoms with van der Waals surface area (Å²) in [7, 11) is 0. The van der Waals surface area contributed by atoms with Crippen LogP contribution >= 0.6 is 0 Å². The number of carboxylic acids is 2. The number of hydroxylamine groups is 2. The number of aliphatic carboxylic acids is 2. The SMILES string of the molecule is O=C(C[C@H]1OC[C@H]2CN(Cc3cccnc3)CC[C@H]21)N1CCCCO1.O=C(O)C(F)(F)F.O=C(O)C(F)(F)F. The number of amides is 1. The fraction of sp³-hybridized carbons (Fsp3) is 0.652. The average Bonchev–Trinajstić information content (AvgIpc) is 3.26. The van der Waals surface area contributed by atoms with E-state index in [-0.39, 0.29) is 12.0 Å². The Bertz CT molecular complexity index is 918. The number of fused-ring (bicyclic) bond motifs is 1. The van der Waals surface area contributed by atoms with E-state index < -0.39 is 24.3 Å². The van der Waals surface area contributed by atoms with Crippen molar-refractivity contribution in [1.82, 2.24) is 14.9 Å². The van der Waals surface area contributed by atoms with E-state index in [1.807, 2.05) is 18.5 Å². The molecule has 220 valence electrons. The second kappa shape index (κ2) is 14.4. The maximum absolute atomic E-state index is 12.4. The van der Waals surface area contributed by atoms with Gasteiger partial charge in [-0.2, -0.15) is 26.3 Å². The molecule has 1 aromatic heterocycles. The van der Waals surface area contributed by atoms with Gasteiger partial charge in [-0.15, -0.1) is 0 Å². The first-order valence-electron chi connectivity index (χ1n) is 11.9. The minimum absolute atomic E-state index is 0.0589. The van der Waals surface area contributed by atoms with Crippen LogP contribution in [0.1, 0.15) is 31.2 Å². The first-order valence-corrected chi connectivity index (χ1v) is 11.9. The minimum Gasteiger partial charge on any atom is -0.475 e. The van der Waals surface area contributed by atoms with Gasteiger partial charge in [-0.05, 0) is 43.4 Å². The number of carbonyl (C=O) groups excluding carboxylic acids is 1. The van der Waals surface area contributed by atoms with Gasteiger partial charge in [0.1, 0.15) is 0 Å².